The van der Waals surface area contributed by atoms with Gasteiger partial charge in [0.25, 0.3) is 5.91 Å². The molecule has 7 nitrogen and oxygen atoms in total. The summed E-state index contributed by atoms with van der Waals surface area (Å²) in [5.74, 6) is -0.0469. The van der Waals surface area contributed by atoms with Crippen molar-refractivity contribution in [3.63, 3.8) is 0 Å². The van der Waals surface area contributed by atoms with E-state index >= 15 is 0 Å². The average molecular weight is 336 g/mol. The van der Waals surface area contributed by atoms with Gasteiger partial charge in [-0.3, -0.25) is 9.48 Å². The molecule has 0 bridgehead atoms. The van der Waals surface area contributed by atoms with Gasteiger partial charge in [-0.1, -0.05) is 23.4 Å². The third-order valence-electron chi connectivity index (χ3n) is 4.69. The van der Waals surface area contributed by atoms with Crippen LogP contribution in [-0.2, 0) is 6.54 Å². The zero-order valence-corrected chi connectivity index (χ0v) is 14.1. The lowest BCUT2D eigenvalue weighted by Crippen LogP contribution is -2.38. The number of para-hydroxylation sites is 1. The first-order valence-corrected chi connectivity index (χ1v) is 8.50. The highest BCUT2D eigenvalue weighted by molar-refractivity contribution is 5.93. The van der Waals surface area contributed by atoms with Gasteiger partial charge in [0.05, 0.1) is 24.0 Å². The summed E-state index contributed by atoms with van der Waals surface area (Å²) in [4.78, 5) is 14.9. The molecule has 1 fully saturated rings. The lowest BCUT2D eigenvalue weighted by atomic mass is 10.2. The number of carbonyl (C=O) groups is 1. The molecular formula is C18H20N6O. The molecule has 0 spiro atoms. The number of hydrogen-bond donors (Lipinski definition) is 0. The van der Waals surface area contributed by atoms with Gasteiger partial charge in [0.15, 0.2) is 5.69 Å². The van der Waals surface area contributed by atoms with Crippen LogP contribution >= 0.6 is 0 Å². The van der Waals surface area contributed by atoms with Crippen molar-refractivity contribution < 1.29 is 4.79 Å². The SMILES string of the molecule is Cc1c(C(=O)N2CCC[C@@H]2Cn2cccn2)nnn1-c1ccccc1. The van der Waals surface area contributed by atoms with Gasteiger partial charge in [0.2, 0.25) is 0 Å². The highest BCUT2D eigenvalue weighted by atomic mass is 16.2. The standard InChI is InChI=1S/C18H20N6O/c1-14-17(20-21-24(14)15-7-3-2-4-8-15)18(25)23-12-5-9-16(23)13-22-11-6-10-19-22/h2-4,6-8,10-11,16H,5,9,12-13H2,1H3/t16-/m1/s1. The molecule has 0 N–H and O–H groups in total. The number of hydrogen-bond acceptors (Lipinski definition) is 4. The van der Waals surface area contributed by atoms with Crippen LogP contribution in [0.15, 0.2) is 48.8 Å². The van der Waals surface area contributed by atoms with Gasteiger partial charge in [0.1, 0.15) is 0 Å². The molecule has 1 atom stereocenters. The molecule has 0 saturated carbocycles. The lowest BCUT2D eigenvalue weighted by molar-refractivity contribution is 0.0715. The maximum atomic E-state index is 13.0. The number of benzene rings is 1. The molecule has 3 aromatic rings. The zero-order valence-electron chi connectivity index (χ0n) is 14.1. The maximum absolute atomic E-state index is 13.0. The van der Waals surface area contributed by atoms with Gasteiger partial charge >= 0.3 is 0 Å². The van der Waals surface area contributed by atoms with Crippen molar-refractivity contribution in [2.24, 2.45) is 0 Å². The smallest absolute Gasteiger partial charge is 0.276 e. The molecule has 1 saturated heterocycles. The van der Waals surface area contributed by atoms with E-state index in [1.807, 2.05) is 59.1 Å². The van der Waals surface area contributed by atoms with Gasteiger partial charge < -0.3 is 4.90 Å². The Morgan fingerprint density at radius 2 is 2.08 bits per heavy atom. The second-order valence-electron chi connectivity index (χ2n) is 6.29. The number of amides is 1. The van der Waals surface area contributed by atoms with E-state index in [4.69, 9.17) is 0 Å². The average Bonchev–Trinajstić information content (AvgIpc) is 3.37. The van der Waals surface area contributed by atoms with Crippen molar-refractivity contribution in [2.45, 2.75) is 32.4 Å². The predicted molar refractivity (Wildman–Crippen MR) is 92.4 cm³/mol. The van der Waals surface area contributed by atoms with Crippen molar-refractivity contribution in [3.8, 4) is 5.69 Å². The fourth-order valence-electron chi connectivity index (χ4n) is 3.39. The van der Waals surface area contributed by atoms with E-state index in [-0.39, 0.29) is 11.9 Å². The van der Waals surface area contributed by atoms with Gasteiger partial charge in [-0.25, -0.2) is 4.68 Å². The molecule has 0 aliphatic carbocycles. The van der Waals surface area contributed by atoms with Crippen LogP contribution < -0.4 is 0 Å². The van der Waals surface area contributed by atoms with E-state index in [1.54, 1.807) is 10.9 Å². The van der Waals surface area contributed by atoms with Crippen molar-refractivity contribution in [1.82, 2.24) is 29.7 Å². The third-order valence-corrected chi connectivity index (χ3v) is 4.69. The monoisotopic (exact) mass is 336 g/mol. The maximum Gasteiger partial charge on any atom is 0.276 e. The summed E-state index contributed by atoms with van der Waals surface area (Å²) in [5, 5.41) is 12.6. The van der Waals surface area contributed by atoms with Crippen LogP contribution in [0.2, 0.25) is 0 Å². The first kappa shape index (κ1) is 15.6. The lowest BCUT2D eigenvalue weighted by Gasteiger charge is -2.24. The van der Waals surface area contributed by atoms with E-state index in [0.717, 1.165) is 30.8 Å². The molecule has 1 aliphatic rings. The minimum Gasteiger partial charge on any atom is -0.332 e. The van der Waals surface area contributed by atoms with Crippen molar-refractivity contribution in [3.05, 3.63) is 60.2 Å². The molecule has 0 radical (unpaired) electrons. The van der Waals surface area contributed by atoms with E-state index < -0.39 is 0 Å². The first-order chi connectivity index (χ1) is 12.2. The zero-order chi connectivity index (χ0) is 17.2. The Morgan fingerprint density at radius 1 is 1.24 bits per heavy atom. The summed E-state index contributed by atoms with van der Waals surface area (Å²) in [6.07, 6.45) is 5.68. The summed E-state index contributed by atoms with van der Waals surface area (Å²) in [5.41, 5.74) is 2.10. The Hall–Kier alpha value is -2.96. The van der Waals surface area contributed by atoms with E-state index in [0.29, 0.717) is 12.2 Å². The number of nitrogens with zero attached hydrogens (tertiary/aromatic N) is 6. The molecule has 4 rings (SSSR count). The molecule has 1 amide bonds. The fraction of sp³-hybridized carbons (Fsp3) is 0.333. The van der Waals surface area contributed by atoms with E-state index in [9.17, 15) is 4.79 Å². The Labute approximate surface area is 145 Å². The van der Waals surface area contributed by atoms with Crippen LogP contribution in [0.4, 0.5) is 0 Å². The van der Waals surface area contributed by atoms with Crippen LogP contribution in [0.1, 0.15) is 29.0 Å². The van der Waals surface area contributed by atoms with Crippen LogP contribution in [0.5, 0.6) is 0 Å². The number of likely N-dealkylation sites (tertiary alicyclic amines) is 1. The highest BCUT2D eigenvalue weighted by Gasteiger charge is 2.32. The quantitative estimate of drug-likeness (QED) is 0.731. The second-order valence-corrected chi connectivity index (χ2v) is 6.29. The van der Waals surface area contributed by atoms with Gasteiger partial charge in [-0.2, -0.15) is 5.10 Å². The summed E-state index contributed by atoms with van der Waals surface area (Å²) in [6, 6.07) is 11.8. The van der Waals surface area contributed by atoms with Crippen molar-refractivity contribution in [2.75, 3.05) is 6.54 Å². The van der Waals surface area contributed by atoms with E-state index in [2.05, 4.69) is 15.4 Å². The molecule has 1 aliphatic heterocycles. The molecule has 0 unspecified atom stereocenters. The van der Waals surface area contributed by atoms with Crippen LogP contribution in [0.25, 0.3) is 5.69 Å². The minimum atomic E-state index is -0.0469. The Bertz CT molecular complexity index is 855. The predicted octanol–water partition coefficient (Wildman–Crippen LogP) is 2.08. The first-order valence-electron chi connectivity index (χ1n) is 8.50. The minimum absolute atomic E-state index is 0.0469. The summed E-state index contributed by atoms with van der Waals surface area (Å²) in [6.45, 7) is 3.35. The molecule has 25 heavy (non-hydrogen) atoms. The molecular weight excluding hydrogens is 316 g/mol. The fourth-order valence-corrected chi connectivity index (χ4v) is 3.39. The number of rotatable bonds is 4. The van der Waals surface area contributed by atoms with Crippen LogP contribution in [0.3, 0.4) is 0 Å². The van der Waals surface area contributed by atoms with Crippen molar-refractivity contribution >= 4 is 5.91 Å². The number of aromatic nitrogens is 5. The van der Waals surface area contributed by atoms with Crippen LogP contribution in [0, 0.1) is 6.92 Å². The Kier molecular flexibility index (Phi) is 4.05. The topological polar surface area (TPSA) is 68.8 Å². The number of carbonyl (C=O) groups excluding carboxylic acids is 1. The van der Waals surface area contributed by atoms with Gasteiger partial charge in [-0.15, -0.1) is 5.10 Å². The molecule has 7 heteroatoms. The van der Waals surface area contributed by atoms with Gasteiger partial charge in [-0.05, 0) is 38.0 Å². The third kappa shape index (κ3) is 2.93. The largest absolute Gasteiger partial charge is 0.332 e. The molecule has 2 aromatic heterocycles. The summed E-state index contributed by atoms with van der Waals surface area (Å²) < 4.78 is 3.59. The van der Waals surface area contributed by atoms with E-state index in [1.165, 1.54) is 0 Å². The summed E-state index contributed by atoms with van der Waals surface area (Å²) in [7, 11) is 0. The Balaban J connectivity index is 1.57. The highest BCUT2D eigenvalue weighted by Crippen LogP contribution is 2.22. The molecule has 128 valence electrons. The second kappa shape index (κ2) is 6.51. The molecule has 3 heterocycles. The van der Waals surface area contributed by atoms with Gasteiger partial charge in [0, 0.05) is 18.9 Å². The summed E-state index contributed by atoms with van der Waals surface area (Å²) >= 11 is 0. The normalized spacial score (nSPS) is 17.2. The van der Waals surface area contributed by atoms with Crippen molar-refractivity contribution in [1.29, 1.82) is 0 Å². The Morgan fingerprint density at radius 3 is 2.84 bits per heavy atom. The van der Waals surface area contributed by atoms with Crippen LogP contribution in [-0.4, -0.2) is 48.2 Å². The molecule has 1 aromatic carbocycles.